The zero-order chi connectivity index (χ0) is 21.0. The van der Waals surface area contributed by atoms with Crippen LogP contribution in [0.1, 0.15) is 58.8 Å². The first-order chi connectivity index (χ1) is 14.2. The van der Waals surface area contributed by atoms with E-state index < -0.39 is 0 Å². The van der Waals surface area contributed by atoms with E-state index >= 15 is 0 Å². The molecule has 1 aromatic heterocycles. The predicted molar refractivity (Wildman–Crippen MR) is 112 cm³/mol. The van der Waals surface area contributed by atoms with Gasteiger partial charge in [0.05, 0.1) is 6.54 Å². The third-order valence-electron chi connectivity index (χ3n) is 4.97. The van der Waals surface area contributed by atoms with Crippen LogP contribution >= 0.6 is 0 Å². The highest BCUT2D eigenvalue weighted by molar-refractivity contribution is 5.80. The summed E-state index contributed by atoms with van der Waals surface area (Å²) in [7, 11) is 0. The van der Waals surface area contributed by atoms with Gasteiger partial charge in [-0.3, -0.25) is 4.79 Å². The summed E-state index contributed by atoms with van der Waals surface area (Å²) in [5.41, 5.74) is 0.608. The molecule has 1 spiro atoms. The van der Waals surface area contributed by atoms with E-state index in [-0.39, 0.29) is 18.3 Å². The maximum absolute atomic E-state index is 11.9. The number of carbonyl (C=O) groups is 1. The zero-order valence-corrected chi connectivity index (χ0v) is 17.6. The van der Waals surface area contributed by atoms with E-state index in [4.69, 9.17) is 4.42 Å². The molecule has 6 nitrogen and oxygen atoms in total. The molecule has 2 saturated carbocycles. The number of nitrogens with one attached hydrogen (secondary N) is 1. The van der Waals surface area contributed by atoms with E-state index in [9.17, 15) is 9.18 Å². The van der Waals surface area contributed by atoms with E-state index in [1.54, 1.807) is 18.2 Å². The molecule has 1 N–H and O–H groups in total. The molecule has 0 atom stereocenters. The van der Waals surface area contributed by atoms with Crippen LogP contribution in [0.4, 0.5) is 10.4 Å². The fourth-order valence-electron chi connectivity index (χ4n) is 2.84. The number of hydrogen-bond donors (Lipinski definition) is 1. The minimum absolute atomic E-state index is 0.110. The molecule has 0 bridgehead atoms. The number of hydrogen-bond acceptors (Lipinski definition) is 5. The number of anilines is 1. The Balaban J connectivity index is 0.000000205. The SMILES string of the molecule is C1CC1.CC.Fc1ccccc1.O=C(CNc1nnco1)N1CCC2(CC1)CC2. The fourth-order valence-corrected chi connectivity index (χ4v) is 2.84. The van der Waals surface area contributed by atoms with Crippen molar-refractivity contribution >= 4 is 11.9 Å². The van der Waals surface area contributed by atoms with Gasteiger partial charge in [-0.05, 0) is 43.2 Å². The van der Waals surface area contributed by atoms with Crippen LogP contribution in [-0.2, 0) is 4.79 Å². The lowest BCUT2D eigenvalue weighted by atomic mass is 9.94. The summed E-state index contributed by atoms with van der Waals surface area (Å²) in [6.07, 6.45) is 10.8. The van der Waals surface area contributed by atoms with Gasteiger partial charge in [0.25, 0.3) is 0 Å². The summed E-state index contributed by atoms with van der Waals surface area (Å²) in [6, 6.07) is 8.24. The number of piperidine rings is 1. The normalized spacial score (nSPS) is 17.4. The number of amides is 1. The molecule has 3 fully saturated rings. The molecule has 2 heterocycles. The van der Waals surface area contributed by atoms with Crippen molar-refractivity contribution < 1.29 is 13.6 Å². The summed E-state index contributed by atoms with van der Waals surface area (Å²) in [5.74, 6) is -0.0683. The van der Waals surface area contributed by atoms with Crippen LogP contribution in [0.5, 0.6) is 0 Å². The summed E-state index contributed by atoms with van der Waals surface area (Å²) in [5, 5.41) is 10.0. The molecule has 1 aliphatic heterocycles. The Kier molecular flexibility index (Phi) is 9.60. The lowest BCUT2D eigenvalue weighted by Gasteiger charge is -2.32. The van der Waals surface area contributed by atoms with Crippen LogP contribution in [0.2, 0.25) is 0 Å². The van der Waals surface area contributed by atoms with Gasteiger partial charge in [-0.15, -0.1) is 5.10 Å². The molecule has 0 unspecified atom stereocenters. The number of halogens is 1. The van der Waals surface area contributed by atoms with Gasteiger partial charge in [0.1, 0.15) is 5.82 Å². The Morgan fingerprint density at radius 2 is 1.72 bits per heavy atom. The highest BCUT2D eigenvalue weighted by atomic mass is 19.1. The first kappa shape index (κ1) is 22.8. The number of likely N-dealkylation sites (tertiary alicyclic amines) is 1. The average molecular weight is 405 g/mol. The van der Waals surface area contributed by atoms with Gasteiger partial charge in [-0.1, -0.05) is 56.4 Å². The lowest BCUT2D eigenvalue weighted by Crippen LogP contribution is -2.41. The maximum atomic E-state index is 11.9. The first-order valence-electron chi connectivity index (χ1n) is 10.7. The van der Waals surface area contributed by atoms with Crippen molar-refractivity contribution in [1.29, 1.82) is 0 Å². The van der Waals surface area contributed by atoms with Crippen LogP contribution in [0.3, 0.4) is 0 Å². The number of nitrogens with zero attached hydrogens (tertiary/aromatic N) is 3. The molecule has 7 heteroatoms. The minimum atomic E-state index is -0.178. The second kappa shape index (κ2) is 12.2. The van der Waals surface area contributed by atoms with Crippen molar-refractivity contribution in [3.63, 3.8) is 0 Å². The molecule has 0 radical (unpaired) electrons. The molecule has 1 saturated heterocycles. The summed E-state index contributed by atoms with van der Waals surface area (Å²) in [4.78, 5) is 13.8. The number of benzene rings is 1. The summed E-state index contributed by atoms with van der Waals surface area (Å²) < 4.78 is 16.8. The van der Waals surface area contributed by atoms with Gasteiger partial charge in [0.15, 0.2) is 0 Å². The molecule has 1 aromatic carbocycles. The molecule has 5 rings (SSSR count). The number of carbonyl (C=O) groups excluding carboxylic acids is 1. The predicted octanol–water partition coefficient (Wildman–Crippen LogP) is 4.91. The van der Waals surface area contributed by atoms with Crippen molar-refractivity contribution in [3.05, 3.63) is 42.5 Å². The molecule has 1 amide bonds. The highest BCUT2D eigenvalue weighted by Crippen LogP contribution is 2.53. The Hall–Kier alpha value is -2.44. The number of aromatic nitrogens is 2. The maximum Gasteiger partial charge on any atom is 0.315 e. The second-order valence-electron chi connectivity index (χ2n) is 7.33. The van der Waals surface area contributed by atoms with Crippen LogP contribution < -0.4 is 5.32 Å². The minimum Gasteiger partial charge on any atom is -0.411 e. The van der Waals surface area contributed by atoms with Crippen LogP contribution in [0.15, 0.2) is 41.1 Å². The van der Waals surface area contributed by atoms with Crippen molar-refractivity contribution in [2.24, 2.45) is 5.41 Å². The average Bonchev–Trinajstić information content (AvgIpc) is 3.71. The fraction of sp³-hybridized carbons (Fsp3) is 0.591. The largest absolute Gasteiger partial charge is 0.411 e. The van der Waals surface area contributed by atoms with Gasteiger partial charge in [-0.25, -0.2) is 4.39 Å². The quantitative estimate of drug-likeness (QED) is 0.787. The lowest BCUT2D eigenvalue weighted by molar-refractivity contribution is -0.130. The topological polar surface area (TPSA) is 71.3 Å². The van der Waals surface area contributed by atoms with Gasteiger partial charge in [-0.2, -0.15) is 0 Å². The smallest absolute Gasteiger partial charge is 0.315 e. The van der Waals surface area contributed by atoms with Gasteiger partial charge in [0, 0.05) is 13.1 Å². The van der Waals surface area contributed by atoms with Crippen molar-refractivity contribution in [2.45, 2.75) is 58.8 Å². The number of rotatable bonds is 3. The van der Waals surface area contributed by atoms with Crippen LogP contribution in [-0.4, -0.2) is 40.6 Å². The van der Waals surface area contributed by atoms with Gasteiger partial charge >= 0.3 is 6.01 Å². The Bertz CT molecular complexity index is 675. The van der Waals surface area contributed by atoms with E-state index in [2.05, 4.69) is 15.5 Å². The molecule has 3 aliphatic rings. The molecule has 160 valence electrons. The van der Waals surface area contributed by atoms with Crippen molar-refractivity contribution in [2.75, 3.05) is 25.0 Å². The molecular weight excluding hydrogens is 371 g/mol. The van der Waals surface area contributed by atoms with Crippen molar-refractivity contribution in [1.82, 2.24) is 15.1 Å². The van der Waals surface area contributed by atoms with E-state index in [1.165, 1.54) is 63.5 Å². The van der Waals surface area contributed by atoms with E-state index in [0.29, 0.717) is 11.4 Å². The van der Waals surface area contributed by atoms with E-state index in [0.717, 1.165) is 13.1 Å². The zero-order valence-electron chi connectivity index (χ0n) is 17.6. The molecular formula is C22H33FN4O2. The van der Waals surface area contributed by atoms with Crippen molar-refractivity contribution in [3.8, 4) is 0 Å². The Labute approximate surface area is 172 Å². The second-order valence-corrected chi connectivity index (χ2v) is 7.33. The van der Waals surface area contributed by atoms with Gasteiger partial charge < -0.3 is 14.6 Å². The highest BCUT2D eigenvalue weighted by Gasteiger charge is 2.44. The van der Waals surface area contributed by atoms with Crippen LogP contribution in [0.25, 0.3) is 0 Å². The summed E-state index contributed by atoms with van der Waals surface area (Å²) >= 11 is 0. The first-order valence-corrected chi connectivity index (χ1v) is 10.7. The monoisotopic (exact) mass is 404 g/mol. The standard InChI is InChI=1S/C11H16N4O2.C6H5F.C3H6.C2H6/c16-9(7-12-10-14-13-8-17-10)15-5-3-11(1-2-11)4-6-15;7-6-4-2-1-3-5-6;1-2-3-1;1-2/h8H,1-7H2,(H,12,14);1-5H;1-3H2;1-2H3. The van der Waals surface area contributed by atoms with Crippen LogP contribution in [0, 0.1) is 11.2 Å². The molecule has 2 aromatic rings. The molecule has 2 aliphatic carbocycles. The van der Waals surface area contributed by atoms with E-state index in [1.807, 2.05) is 18.7 Å². The third-order valence-corrected chi connectivity index (χ3v) is 4.97. The molecule has 29 heavy (non-hydrogen) atoms. The Morgan fingerprint density at radius 3 is 2.14 bits per heavy atom. The summed E-state index contributed by atoms with van der Waals surface area (Å²) in [6.45, 7) is 6.02. The Morgan fingerprint density at radius 1 is 1.10 bits per heavy atom. The van der Waals surface area contributed by atoms with Gasteiger partial charge in [0.2, 0.25) is 12.3 Å². The third kappa shape index (κ3) is 9.07.